The normalized spacial score (nSPS) is 18.3. The summed E-state index contributed by atoms with van der Waals surface area (Å²) in [5, 5.41) is 0. The molecule has 12 heavy (non-hydrogen) atoms. The van der Waals surface area contributed by atoms with E-state index in [1.54, 1.807) is 0 Å². The third kappa shape index (κ3) is 2.91. The Labute approximate surface area is 67.9 Å². The van der Waals surface area contributed by atoms with Crippen molar-refractivity contribution in [2.45, 2.75) is 0 Å². The molecule has 64 valence electrons. The van der Waals surface area contributed by atoms with E-state index in [1.807, 2.05) is 12.8 Å². The number of amides is 2. The van der Waals surface area contributed by atoms with Gasteiger partial charge in [-0.3, -0.25) is 0 Å². The third-order valence-corrected chi connectivity index (χ3v) is 0.861. The maximum Gasteiger partial charge on any atom is 0.124 e. The summed E-state index contributed by atoms with van der Waals surface area (Å²) in [6.45, 7) is 0.139. The number of carbonyl (C=O) groups excluding carboxylic acids is 2. The zero-order valence-corrected chi connectivity index (χ0v) is 5.94. The first-order chi connectivity index (χ1) is 5.79. The van der Waals surface area contributed by atoms with Crippen molar-refractivity contribution in [3.63, 3.8) is 0 Å². The highest BCUT2D eigenvalue weighted by atomic mass is 16.5. The van der Waals surface area contributed by atoms with E-state index in [0.29, 0.717) is 0 Å². The van der Waals surface area contributed by atoms with Gasteiger partial charge in [-0.25, -0.2) is 0 Å². The van der Waals surface area contributed by atoms with Gasteiger partial charge in [-0.05, 0) is 0 Å². The topological polar surface area (TPSA) is 77.3 Å². The molecule has 0 aromatic rings. The first-order valence-corrected chi connectivity index (χ1v) is 3.00. The van der Waals surface area contributed by atoms with Crippen molar-refractivity contribution < 1.29 is 19.1 Å². The van der Waals surface area contributed by atoms with Crippen LogP contribution in [0, 0.1) is 0 Å². The minimum atomic E-state index is -0.255. The molecule has 2 amide bonds. The number of ether oxygens (including phenoxy) is 2. The molecule has 6 nitrogen and oxygen atoms in total. The Kier molecular flexibility index (Phi) is 2.95. The van der Waals surface area contributed by atoms with Crippen molar-refractivity contribution in [3.05, 3.63) is 0 Å². The molecule has 2 aliphatic heterocycles. The molecule has 0 saturated carbocycles. The molecule has 0 saturated heterocycles. The number of hydrogen-bond acceptors (Lipinski definition) is 4. The van der Waals surface area contributed by atoms with Gasteiger partial charge in [0.2, 0.25) is 0 Å². The number of hydrogen-bond donors (Lipinski definition) is 0. The standard InChI is InChI=1S/2C3H2NO2/c2*5-3-1-6-2-4-3/h2*1H2/q2*-1. The van der Waals surface area contributed by atoms with Crippen LogP contribution in [0.2, 0.25) is 0 Å². The molecule has 0 aromatic carbocycles. The van der Waals surface area contributed by atoms with Crippen LogP contribution in [-0.2, 0) is 19.1 Å². The lowest BCUT2D eigenvalue weighted by Crippen LogP contribution is -1.92. The van der Waals surface area contributed by atoms with Crippen LogP contribution in [-0.4, -0.2) is 37.8 Å². The minimum Gasteiger partial charge on any atom is -0.581 e. The molecule has 0 spiro atoms. The zero-order chi connectivity index (χ0) is 8.81. The third-order valence-electron chi connectivity index (χ3n) is 0.861. The van der Waals surface area contributed by atoms with Gasteiger partial charge in [0.05, 0.1) is 13.2 Å². The van der Waals surface area contributed by atoms with Gasteiger partial charge < -0.3 is 29.0 Å². The predicted molar refractivity (Wildman–Crippen MR) is 36.8 cm³/mol. The molecule has 0 aliphatic carbocycles. The Bertz CT molecular complexity index is 220. The van der Waals surface area contributed by atoms with Crippen LogP contribution in [0.25, 0.3) is 0 Å². The van der Waals surface area contributed by atoms with E-state index >= 15 is 0 Å². The Balaban J connectivity index is 0.000000120. The van der Waals surface area contributed by atoms with Crippen molar-refractivity contribution in [3.8, 4) is 0 Å². The first kappa shape index (κ1) is 8.38. The molecular weight excluding hydrogens is 164 g/mol. The summed E-state index contributed by atoms with van der Waals surface area (Å²) in [7, 11) is 0. The zero-order valence-electron chi connectivity index (χ0n) is 5.94. The van der Waals surface area contributed by atoms with Crippen molar-refractivity contribution in [2.75, 3.05) is 13.2 Å². The van der Waals surface area contributed by atoms with Crippen LogP contribution in [0.5, 0.6) is 0 Å². The molecule has 0 aromatic heterocycles. The summed E-state index contributed by atoms with van der Waals surface area (Å²) in [6, 6.07) is 0. The monoisotopic (exact) mass is 168 g/mol. The minimum absolute atomic E-state index is 0.0694. The molecule has 2 heterocycles. The number of rotatable bonds is 0. The van der Waals surface area contributed by atoms with E-state index in [0.717, 1.165) is 0 Å². The van der Waals surface area contributed by atoms with E-state index < -0.39 is 0 Å². The van der Waals surface area contributed by atoms with E-state index in [1.165, 1.54) is 0 Å². The SMILES string of the molecule is O=C1CO[C-]=N1.O=C1CO[C-]=N1. The second-order valence-electron chi connectivity index (χ2n) is 1.77. The highest BCUT2D eigenvalue weighted by Crippen LogP contribution is 1.83. The lowest BCUT2D eigenvalue weighted by molar-refractivity contribution is -0.119. The van der Waals surface area contributed by atoms with Gasteiger partial charge in [0, 0.05) is 12.8 Å². The summed E-state index contributed by atoms with van der Waals surface area (Å²) in [6.07, 6.45) is 4.09. The fourth-order valence-electron chi connectivity index (χ4n) is 0.419. The van der Waals surface area contributed by atoms with Crippen LogP contribution in [0.4, 0.5) is 0 Å². The fraction of sp³-hybridized carbons (Fsp3) is 0.333. The highest BCUT2D eigenvalue weighted by molar-refractivity contribution is 5.88. The second kappa shape index (κ2) is 4.22. The van der Waals surface area contributed by atoms with Gasteiger partial charge in [-0.15, -0.1) is 0 Å². The van der Waals surface area contributed by atoms with Crippen molar-refractivity contribution in [2.24, 2.45) is 9.98 Å². The van der Waals surface area contributed by atoms with Gasteiger partial charge in [-0.2, -0.15) is 0 Å². The van der Waals surface area contributed by atoms with E-state index in [-0.39, 0.29) is 25.0 Å². The van der Waals surface area contributed by atoms with Crippen LogP contribution >= 0.6 is 0 Å². The molecule has 2 aliphatic rings. The fourth-order valence-corrected chi connectivity index (χ4v) is 0.419. The van der Waals surface area contributed by atoms with Crippen molar-refractivity contribution in [1.29, 1.82) is 0 Å². The van der Waals surface area contributed by atoms with Gasteiger partial charge in [-0.1, -0.05) is 0 Å². The Morgan fingerprint density at radius 2 is 1.42 bits per heavy atom. The Morgan fingerprint density at radius 1 is 1.00 bits per heavy atom. The van der Waals surface area contributed by atoms with Gasteiger partial charge in [0.15, 0.2) is 0 Å². The summed E-state index contributed by atoms with van der Waals surface area (Å²) >= 11 is 0. The average Bonchev–Trinajstić information content (AvgIpc) is 2.63. The lowest BCUT2D eigenvalue weighted by atomic mass is 10.7. The van der Waals surface area contributed by atoms with E-state index in [9.17, 15) is 9.59 Å². The molecule has 2 rings (SSSR count). The van der Waals surface area contributed by atoms with Gasteiger partial charge in [0.1, 0.15) is 11.8 Å². The molecule has 0 radical (unpaired) electrons. The quantitative estimate of drug-likeness (QED) is 0.430. The summed E-state index contributed by atoms with van der Waals surface area (Å²) in [4.78, 5) is 26.0. The molecule has 0 atom stereocenters. The van der Waals surface area contributed by atoms with Crippen LogP contribution in [0.3, 0.4) is 0 Å². The Hall–Kier alpha value is -1.72. The largest absolute Gasteiger partial charge is 0.581 e. The predicted octanol–water partition coefficient (Wildman–Crippen LogP) is -1.10. The number of carbonyl (C=O) groups is 2. The van der Waals surface area contributed by atoms with Crippen LogP contribution in [0.15, 0.2) is 9.98 Å². The molecule has 0 unspecified atom stereocenters. The summed E-state index contributed by atoms with van der Waals surface area (Å²) < 4.78 is 8.58. The van der Waals surface area contributed by atoms with Crippen LogP contribution in [0.1, 0.15) is 0 Å². The van der Waals surface area contributed by atoms with Gasteiger partial charge >= 0.3 is 0 Å². The summed E-state index contributed by atoms with van der Waals surface area (Å²) in [5.41, 5.74) is 0. The van der Waals surface area contributed by atoms with E-state index in [2.05, 4.69) is 19.5 Å². The highest BCUT2D eigenvalue weighted by Gasteiger charge is 1.87. The van der Waals surface area contributed by atoms with E-state index in [4.69, 9.17) is 0 Å². The van der Waals surface area contributed by atoms with Crippen LogP contribution < -0.4 is 0 Å². The average molecular weight is 168 g/mol. The smallest absolute Gasteiger partial charge is 0.124 e. The molecular formula is C6H4N2O4-2. The second-order valence-corrected chi connectivity index (χ2v) is 1.77. The Morgan fingerprint density at radius 3 is 1.50 bits per heavy atom. The maximum atomic E-state index is 9.89. The maximum absolute atomic E-state index is 9.89. The molecule has 0 N–H and O–H groups in total. The van der Waals surface area contributed by atoms with Gasteiger partial charge in [0.25, 0.3) is 0 Å². The first-order valence-electron chi connectivity index (χ1n) is 3.00. The van der Waals surface area contributed by atoms with Crippen molar-refractivity contribution >= 4 is 24.6 Å². The van der Waals surface area contributed by atoms with Crippen molar-refractivity contribution in [1.82, 2.24) is 0 Å². The summed E-state index contributed by atoms with van der Waals surface area (Å²) in [5.74, 6) is -0.509. The molecule has 0 fully saturated rings. The lowest BCUT2D eigenvalue weighted by Gasteiger charge is -1.87. The number of aliphatic imine (C=N–C) groups is 2. The molecule has 0 bridgehead atoms. The number of nitrogens with zero attached hydrogens (tertiary/aromatic N) is 2. The molecule has 6 heteroatoms.